The largest absolute Gasteiger partial charge is 0.208 e. The summed E-state index contributed by atoms with van der Waals surface area (Å²) in [5.74, 6) is 1.97. The molecule has 0 saturated heterocycles. The van der Waals surface area contributed by atoms with Crippen molar-refractivity contribution in [2.24, 2.45) is 0 Å². The van der Waals surface area contributed by atoms with Gasteiger partial charge in [-0.2, -0.15) is 0 Å². The van der Waals surface area contributed by atoms with Gasteiger partial charge in [0.05, 0.1) is 4.88 Å². The fourth-order valence-corrected chi connectivity index (χ4v) is 8.44. The molecule has 248 valence electrons. The zero-order chi connectivity index (χ0) is 35.1. The molecule has 4 heteroatoms. The van der Waals surface area contributed by atoms with E-state index in [0.29, 0.717) is 17.5 Å². The fraction of sp³-hybridized carbons (Fsp3) is 0. The van der Waals surface area contributed by atoms with Gasteiger partial charge < -0.3 is 0 Å². The number of hydrogen-bond acceptors (Lipinski definition) is 4. The molecule has 0 aliphatic heterocycles. The Morgan fingerprint density at radius 2 is 0.755 bits per heavy atom. The number of benzene rings is 8. The van der Waals surface area contributed by atoms with Crippen molar-refractivity contribution in [3.05, 3.63) is 188 Å². The van der Waals surface area contributed by atoms with Gasteiger partial charge in [-0.3, -0.25) is 0 Å². The Kier molecular flexibility index (Phi) is 7.67. The van der Waals surface area contributed by atoms with Crippen LogP contribution in [0.3, 0.4) is 0 Å². The number of rotatable bonds is 6. The third-order valence-electron chi connectivity index (χ3n) is 9.93. The summed E-state index contributed by atoms with van der Waals surface area (Å²) in [5.41, 5.74) is 9.02. The number of hydrogen-bond donors (Lipinski definition) is 0. The Hall–Kier alpha value is -6.75. The predicted octanol–water partition coefficient (Wildman–Crippen LogP) is 13.4. The van der Waals surface area contributed by atoms with Gasteiger partial charge in [-0.25, -0.2) is 15.0 Å². The second-order valence-electron chi connectivity index (χ2n) is 13.2. The molecule has 53 heavy (non-hydrogen) atoms. The van der Waals surface area contributed by atoms with E-state index in [1.807, 2.05) is 6.07 Å². The number of fused-ring (bicyclic) bond motifs is 3. The van der Waals surface area contributed by atoms with E-state index < -0.39 is 0 Å². The van der Waals surface area contributed by atoms with Gasteiger partial charge in [-0.15, -0.1) is 11.3 Å². The third-order valence-corrected chi connectivity index (χ3v) is 11.0. The Morgan fingerprint density at radius 3 is 1.38 bits per heavy atom. The molecular weight excluding hydrogens is 663 g/mol. The Balaban J connectivity index is 1.12. The first-order valence-corrected chi connectivity index (χ1v) is 18.6. The van der Waals surface area contributed by atoms with Crippen LogP contribution in [-0.4, -0.2) is 15.0 Å². The van der Waals surface area contributed by atoms with Crippen molar-refractivity contribution in [2.75, 3.05) is 0 Å². The van der Waals surface area contributed by atoms with Gasteiger partial charge in [0.1, 0.15) is 0 Å². The normalized spacial score (nSPS) is 11.4. The van der Waals surface area contributed by atoms with E-state index in [1.54, 1.807) is 11.3 Å². The highest BCUT2D eigenvalue weighted by Gasteiger charge is 2.18. The van der Waals surface area contributed by atoms with Crippen LogP contribution in [0.15, 0.2) is 188 Å². The highest BCUT2D eigenvalue weighted by Crippen LogP contribution is 2.44. The van der Waals surface area contributed by atoms with E-state index in [9.17, 15) is 0 Å². The van der Waals surface area contributed by atoms with Crippen LogP contribution >= 0.6 is 11.3 Å². The Morgan fingerprint density at radius 1 is 0.302 bits per heavy atom. The van der Waals surface area contributed by atoms with E-state index in [-0.39, 0.29) is 0 Å². The van der Waals surface area contributed by atoms with Crippen molar-refractivity contribution in [3.8, 4) is 66.9 Å². The van der Waals surface area contributed by atoms with Crippen LogP contribution in [-0.2, 0) is 0 Å². The molecular formula is C49H31N3S. The molecule has 2 heterocycles. The third kappa shape index (κ3) is 5.66. The molecule has 3 nitrogen and oxygen atoms in total. The molecule has 0 aliphatic carbocycles. The highest BCUT2D eigenvalue weighted by atomic mass is 32.1. The first-order chi connectivity index (χ1) is 26.3. The van der Waals surface area contributed by atoms with Gasteiger partial charge in [-0.05, 0) is 78.5 Å². The molecule has 0 saturated carbocycles. The molecule has 0 N–H and O–H groups in total. The standard InChI is InChI=1S/C49H31N3S/c1-3-14-32(15-4-1)36-19-13-20-38(30-36)48-50-47(51-49(52-48)44-31-37-18-7-12-25-43(37)53-44)35-28-26-34(27-29-35)46-41-23-10-8-21-39(41)45(33-16-5-2-6-17-33)40-22-9-11-24-42(40)46/h1-31H. The maximum Gasteiger partial charge on any atom is 0.174 e. The van der Waals surface area contributed by atoms with Crippen LogP contribution in [0, 0.1) is 0 Å². The summed E-state index contributed by atoms with van der Waals surface area (Å²) in [5, 5.41) is 6.12. The van der Waals surface area contributed by atoms with Crippen molar-refractivity contribution in [1.29, 1.82) is 0 Å². The highest BCUT2D eigenvalue weighted by molar-refractivity contribution is 7.22. The summed E-state index contributed by atoms with van der Waals surface area (Å²) in [6.07, 6.45) is 0. The van der Waals surface area contributed by atoms with Crippen LogP contribution in [0.2, 0.25) is 0 Å². The average Bonchev–Trinajstić information content (AvgIpc) is 3.68. The van der Waals surface area contributed by atoms with Crippen LogP contribution in [0.4, 0.5) is 0 Å². The summed E-state index contributed by atoms with van der Waals surface area (Å²) >= 11 is 1.71. The lowest BCUT2D eigenvalue weighted by Gasteiger charge is -2.17. The smallest absolute Gasteiger partial charge is 0.174 e. The number of aromatic nitrogens is 3. The van der Waals surface area contributed by atoms with Gasteiger partial charge in [0.25, 0.3) is 0 Å². The molecule has 10 aromatic rings. The first kappa shape index (κ1) is 31.0. The van der Waals surface area contributed by atoms with Gasteiger partial charge >= 0.3 is 0 Å². The quantitative estimate of drug-likeness (QED) is 0.163. The van der Waals surface area contributed by atoms with Crippen LogP contribution in [0.5, 0.6) is 0 Å². The number of thiophene rings is 1. The van der Waals surface area contributed by atoms with Crippen molar-refractivity contribution >= 4 is 43.0 Å². The summed E-state index contributed by atoms with van der Waals surface area (Å²) in [7, 11) is 0. The Bertz CT molecular complexity index is 2840. The molecule has 0 radical (unpaired) electrons. The minimum atomic E-state index is 0.647. The number of nitrogens with zero attached hydrogens (tertiary/aromatic N) is 3. The van der Waals surface area contributed by atoms with Crippen LogP contribution in [0.25, 0.3) is 98.5 Å². The molecule has 0 fully saturated rings. The summed E-state index contributed by atoms with van der Waals surface area (Å²) in [4.78, 5) is 16.3. The molecule has 10 rings (SSSR count). The van der Waals surface area contributed by atoms with Gasteiger partial charge in [0.15, 0.2) is 17.5 Å². The molecule has 0 aliphatic rings. The summed E-state index contributed by atoms with van der Waals surface area (Å²) in [6, 6.07) is 66.5. The first-order valence-electron chi connectivity index (χ1n) is 17.8. The molecule has 0 amide bonds. The second-order valence-corrected chi connectivity index (χ2v) is 14.3. The van der Waals surface area contributed by atoms with Crippen LogP contribution in [0.1, 0.15) is 0 Å². The minimum Gasteiger partial charge on any atom is -0.208 e. The molecule has 0 bridgehead atoms. The molecule has 2 aromatic heterocycles. The lowest BCUT2D eigenvalue weighted by atomic mass is 9.86. The molecule has 0 atom stereocenters. The monoisotopic (exact) mass is 693 g/mol. The van der Waals surface area contributed by atoms with Gasteiger partial charge in [0, 0.05) is 15.8 Å². The maximum absolute atomic E-state index is 5.12. The summed E-state index contributed by atoms with van der Waals surface area (Å²) < 4.78 is 1.21. The zero-order valence-corrected chi connectivity index (χ0v) is 29.5. The van der Waals surface area contributed by atoms with E-state index in [4.69, 9.17) is 15.0 Å². The van der Waals surface area contributed by atoms with Crippen molar-refractivity contribution in [3.63, 3.8) is 0 Å². The SMILES string of the molecule is c1ccc(-c2cccc(-c3nc(-c4ccc(-c5c6ccccc6c(-c6ccccc6)c6ccccc56)cc4)nc(-c4cc5ccccc5s4)n3)c2)cc1. The Labute approximate surface area is 311 Å². The van der Waals surface area contributed by atoms with E-state index >= 15 is 0 Å². The van der Waals surface area contributed by atoms with Crippen molar-refractivity contribution in [1.82, 2.24) is 15.0 Å². The van der Waals surface area contributed by atoms with Crippen LogP contribution < -0.4 is 0 Å². The zero-order valence-electron chi connectivity index (χ0n) is 28.6. The molecule has 0 spiro atoms. The van der Waals surface area contributed by atoms with Gasteiger partial charge in [-0.1, -0.05) is 170 Å². The lowest BCUT2D eigenvalue weighted by Crippen LogP contribution is -1.99. The lowest BCUT2D eigenvalue weighted by molar-refractivity contribution is 1.08. The molecule has 0 unspecified atom stereocenters. The average molecular weight is 694 g/mol. The molecule has 8 aromatic carbocycles. The van der Waals surface area contributed by atoms with E-state index in [1.165, 1.54) is 48.3 Å². The van der Waals surface area contributed by atoms with E-state index in [2.05, 4.69) is 182 Å². The predicted molar refractivity (Wildman–Crippen MR) is 223 cm³/mol. The minimum absolute atomic E-state index is 0.647. The maximum atomic E-state index is 5.12. The topological polar surface area (TPSA) is 38.7 Å². The summed E-state index contributed by atoms with van der Waals surface area (Å²) in [6.45, 7) is 0. The fourth-order valence-electron chi connectivity index (χ4n) is 7.45. The second kappa shape index (κ2) is 13.1. The van der Waals surface area contributed by atoms with Crippen molar-refractivity contribution in [2.45, 2.75) is 0 Å². The van der Waals surface area contributed by atoms with Gasteiger partial charge in [0.2, 0.25) is 0 Å². The van der Waals surface area contributed by atoms with Crippen molar-refractivity contribution < 1.29 is 0 Å². The van der Waals surface area contributed by atoms with E-state index in [0.717, 1.165) is 32.7 Å².